The van der Waals surface area contributed by atoms with E-state index in [-0.39, 0.29) is 5.91 Å². The van der Waals surface area contributed by atoms with E-state index >= 15 is 0 Å². The number of nitrogens with zero attached hydrogens (tertiary/aromatic N) is 3. The second-order valence-electron chi connectivity index (χ2n) is 7.78. The van der Waals surface area contributed by atoms with Gasteiger partial charge in [-0.15, -0.1) is 0 Å². The number of amides is 1. The van der Waals surface area contributed by atoms with Crippen molar-refractivity contribution >= 4 is 5.91 Å². The van der Waals surface area contributed by atoms with Crippen molar-refractivity contribution in [3.8, 4) is 0 Å². The molecule has 4 heterocycles. The molecule has 3 fully saturated rings. The van der Waals surface area contributed by atoms with E-state index in [1.807, 2.05) is 0 Å². The predicted molar refractivity (Wildman–Crippen MR) is 96.0 cm³/mol. The lowest BCUT2D eigenvalue weighted by Crippen LogP contribution is -2.65. The van der Waals surface area contributed by atoms with Gasteiger partial charge in [0.15, 0.2) is 0 Å². The molecule has 2 N–H and O–H groups in total. The average Bonchev–Trinajstić information content (AvgIpc) is 2.67. The van der Waals surface area contributed by atoms with Gasteiger partial charge in [0.05, 0.1) is 5.69 Å². The lowest BCUT2D eigenvalue weighted by atomic mass is 9.73. The van der Waals surface area contributed by atoms with Crippen molar-refractivity contribution in [2.24, 2.45) is 11.8 Å². The van der Waals surface area contributed by atoms with Crippen LogP contribution in [-0.4, -0.2) is 59.0 Å². The van der Waals surface area contributed by atoms with Crippen LogP contribution in [0.3, 0.4) is 0 Å². The standard InChI is InChI=1S/C19H29N5O/c25-19(5-4-16-12-20-6-7-22-16)23-13-18-15-9-14(10-21-11-15)17-3-1-2-8-24(17)18/h6-7,12,14-15,17-18,21H,1-5,8-11,13H2,(H,23,25)/t14-,15+,17+,18+/m1/s1. The molecule has 3 aliphatic rings. The molecular formula is C19H29N5O. The van der Waals surface area contributed by atoms with Crippen LogP contribution in [0.4, 0.5) is 0 Å². The molecule has 3 aliphatic heterocycles. The van der Waals surface area contributed by atoms with Crippen LogP contribution in [0.25, 0.3) is 0 Å². The summed E-state index contributed by atoms with van der Waals surface area (Å²) in [6.45, 7) is 4.27. The van der Waals surface area contributed by atoms with Crippen molar-refractivity contribution in [1.82, 2.24) is 25.5 Å². The van der Waals surface area contributed by atoms with Crippen LogP contribution in [0.15, 0.2) is 18.6 Å². The maximum Gasteiger partial charge on any atom is 0.220 e. The van der Waals surface area contributed by atoms with Crippen LogP contribution in [0.1, 0.15) is 37.8 Å². The Morgan fingerprint density at radius 2 is 2.20 bits per heavy atom. The molecule has 3 saturated heterocycles. The van der Waals surface area contributed by atoms with E-state index < -0.39 is 0 Å². The molecule has 0 aliphatic carbocycles. The first-order valence-electron chi connectivity index (χ1n) is 9.79. The van der Waals surface area contributed by atoms with Gasteiger partial charge in [0.25, 0.3) is 0 Å². The summed E-state index contributed by atoms with van der Waals surface area (Å²) in [5.74, 6) is 1.61. The van der Waals surface area contributed by atoms with E-state index in [2.05, 4.69) is 25.5 Å². The molecule has 1 aromatic heterocycles. The van der Waals surface area contributed by atoms with Crippen molar-refractivity contribution in [1.29, 1.82) is 0 Å². The van der Waals surface area contributed by atoms with Gasteiger partial charge in [0.1, 0.15) is 0 Å². The fourth-order valence-corrected chi connectivity index (χ4v) is 5.06. The van der Waals surface area contributed by atoms with Gasteiger partial charge < -0.3 is 10.6 Å². The number of rotatable bonds is 5. The van der Waals surface area contributed by atoms with Gasteiger partial charge in [-0.05, 0) is 57.2 Å². The maximum absolute atomic E-state index is 12.3. The Labute approximate surface area is 149 Å². The first-order valence-corrected chi connectivity index (χ1v) is 9.79. The van der Waals surface area contributed by atoms with Gasteiger partial charge in [-0.25, -0.2) is 0 Å². The average molecular weight is 343 g/mol. The highest BCUT2D eigenvalue weighted by Crippen LogP contribution is 2.38. The van der Waals surface area contributed by atoms with Crippen LogP contribution < -0.4 is 10.6 Å². The van der Waals surface area contributed by atoms with Gasteiger partial charge in [0.2, 0.25) is 5.91 Å². The highest BCUT2D eigenvalue weighted by atomic mass is 16.1. The molecular weight excluding hydrogens is 314 g/mol. The molecule has 1 aromatic rings. The minimum atomic E-state index is 0.130. The Morgan fingerprint density at radius 3 is 3.08 bits per heavy atom. The molecule has 0 spiro atoms. The van der Waals surface area contributed by atoms with E-state index in [0.29, 0.717) is 24.8 Å². The third-order valence-corrected chi connectivity index (χ3v) is 6.26. The van der Waals surface area contributed by atoms with E-state index in [1.165, 1.54) is 38.8 Å². The van der Waals surface area contributed by atoms with Gasteiger partial charge in [-0.3, -0.25) is 19.7 Å². The molecule has 0 unspecified atom stereocenters. The number of carbonyl (C=O) groups is 1. The molecule has 1 amide bonds. The molecule has 6 nitrogen and oxygen atoms in total. The fourth-order valence-electron chi connectivity index (χ4n) is 5.06. The molecule has 136 valence electrons. The number of hydrogen-bond donors (Lipinski definition) is 2. The van der Waals surface area contributed by atoms with E-state index in [1.54, 1.807) is 18.6 Å². The second-order valence-corrected chi connectivity index (χ2v) is 7.78. The number of hydrogen-bond acceptors (Lipinski definition) is 5. The Hall–Kier alpha value is -1.53. The zero-order valence-corrected chi connectivity index (χ0v) is 14.9. The summed E-state index contributed by atoms with van der Waals surface area (Å²) in [4.78, 5) is 23.3. The first-order chi connectivity index (χ1) is 12.3. The quantitative estimate of drug-likeness (QED) is 0.834. The molecule has 0 saturated carbocycles. The number of nitrogens with one attached hydrogen (secondary N) is 2. The lowest BCUT2D eigenvalue weighted by Gasteiger charge is -2.55. The van der Waals surface area contributed by atoms with Gasteiger partial charge in [-0.1, -0.05) is 6.42 Å². The van der Waals surface area contributed by atoms with Crippen LogP contribution in [0.5, 0.6) is 0 Å². The van der Waals surface area contributed by atoms with Crippen molar-refractivity contribution in [2.45, 2.75) is 50.6 Å². The van der Waals surface area contributed by atoms with Crippen LogP contribution in [-0.2, 0) is 11.2 Å². The Bertz CT molecular complexity index is 580. The Kier molecular flexibility index (Phi) is 5.27. The number of aromatic nitrogens is 2. The van der Waals surface area contributed by atoms with E-state index in [4.69, 9.17) is 0 Å². The van der Waals surface area contributed by atoms with Gasteiger partial charge in [0, 0.05) is 43.6 Å². The predicted octanol–water partition coefficient (Wildman–Crippen LogP) is 0.988. The van der Waals surface area contributed by atoms with E-state index in [0.717, 1.165) is 30.7 Å². The van der Waals surface area contributed by atoms with Gasteiger partial charge >= 0.3 is 0 Å². The number of carbonyl (C=O) groups excluding carboxylic acids is 1. The summed E-state index contributed by atoms with van der Waals surface area (Å²) in [5, 5.41) is 6.83. The molecule has 4 rings (SSSR count). The monoisotopic (exact) mass is 343 g/mol. The van der Waals surface area contributed by atoms with Crippen molar-refractivity contribution < 1.29 is 4.79 Å². The maximum atomic E-state index is 12.3. The summed E-state index contributed by atoms with van der Waals surface area (Å²) in [5.41, 5.74) is 0.880. The highest BCUT2D eigenvalue weighted by molar-refractivity contribution is 5.76. The zero-order chi connectivity index (χ0) is 17.1. The molecule has 4 atom stereocenters. The number of aryl methyl sites for hydroxylation is 1. The summed E-state index contributed by atoms with van der Waals surface area (Å²) < 4.78 is 0. The lowest BCUT2D eigenvalue weighted by molar-refractivity contribution is -0.122. The molecule has 0 aromatic carbocycles. The van der Waals surface area contributed by atoms with Crippen LogP contribution in [0, 0.1) is 11.8 Å². The minimum Gasteiger partial charge on any atom is -0.355 e. The van der Waals surface area contributed by atoms with Crippen LogP contribution in [0.2, 0.25) is 0 Å². The zero-order valence-electron chi connectivity index (χ0n) is 14.9. The number of fused-ring (bicyclic) bond motifs is 4. The second kappa shape index (κ2) is 7.79. The summed E-state index contributed by atoms with van der Waals surface area (Å²) in [6.07, 6.45) is 11.5. The molecule has 0 radical (unpaired) electrons. The van der Waals surface area contributed by atoms with Crippen molar-refractivity contribution in [2.75, 3.05) is 26.2 Å². The minimum absolute atomic E-state index is 0.130. The topological polar surface area (TPSA) is 70.1 Å². The summed E-state index contributed by atoms with van der Waals surface area (Å²) in [6, 6.07) is 1.22. The third-order valence-electron chi connectivity index (χ3n) is 6.26. The summed E-state index contributed by atoms with van der Waals surface area (Å²) in [7, 11) is 0. The Balaban J connectivity index is 1.32. The molecule has 6 heteroatoms. The number of piperidine rings is 3. The fraction of sp³-hybridized carbons (Fsp3) is 0.737. The first kappa shape index (κ1) is 16.9. The van der Waals surface area contributed by atoms with Crippen molar-refractivity contribution in [3.05, 3.63) is 24.3 Å². The third kappa shape index (κ3) is 3.85. The SMILES string of the molecule is O=C(CCc1cnccn1)NC[C@H]1[C@@H]2CNC[C@@H](C2)[C@@H]2CCCCN21. The molecule has 2 bridgehead atoms. The normalized spacial score (nSPS) is 32.0. The Morgan fingerprint density at radius 1 is 1.28 bits per heavy atom. The smallest absolute Gasteiger partial charge is 0.220 e. The highest BCUT2D eigenvalue weighted by Gasteiger charge is 2.45. The largest absolute Gasteiger partial charge is 0.355 e. The molecule has 25 heavy (non-hydrogen) atoms. The van der Waals surface area contributed by atoms with E-state index in [9.17, 15) is 4.79 Å². The van der Waals surface area contributed by atoms with Crippen molar-refractivity contribution in [3.63, 3.8) is 0 Å². The van der Waals surface area contributed by atoms with Crippen LogP contribution >= 0.6 is 0 Å². The summed E-state index contributed by atoms with van der Waals surface area (Å²) >= 11 is 0. The van der Waals surface area contributed by atoms with Gasteiger partial charge in [-0.2, -0.15) is 0 Å².